The highest BCUT2D eigenvalue weighted by Gasteiger charge is 2.17. The number of carbonyl (C=O) groups excluding carboxylic acids is 1. The molecule has 102 valence electrons. The molecule has 2 aromatic rings. The summed E-state index contributed by atoms with van der Waals surface area (Å²) in [6.45, 7) is 0. The largest absolute Gasteiger partial charge is 0.299 e. The molecule has 20 heavy (non-hydrogen) atoms. The zero-order valence-corrected chi connectivity index (χ0v) is 11.7. The summed E-state index contributed by atoms with van der Waals surface area (Å²) in [4.78, 5) is 11.5. The average Bonchev–Trinajstić information content (AvgIpc) is 2.42. The number of benzene rings is 2. The number of Topliss-reactive ketones (excluding diaryl/α,β-unsaturated/α-hetero) is 1. The maximum atomic E-state index is 12.9. The highest BCUT2D eigenvalue weighted by molar-refractivity contribution is 6.31. The lowest BCUT2D eigenvalue weighted by atomic mass is 9.88. The van der Waals surface area contributed by atoms with E-state index in [1.807, 2.05) is 12.1 Å². The standard InChI is InChI=1S/C17H14ClFO/c18-17-10-12-3-6-16(20)9-13(12)8-14(17)7-11-1-4-15(19)5-2-11/h1-2,4-5,8,10H,3,6-7,9H2. The minimum Gasteiger partial charge on any atom is -0.299 e. The van der Waals surface area contributed by atoms with E-state index in [1.54, 1.807) is 12.1 Å². The Hall–Kier alpha value is -1.67. The number of rotatable bonds is 2. The molecule has 0 fully saturated rings. The van der Waals surface area contributed by atoms with Crippen LogP contribution in [-0.4, -0.2) is 5.78 Å². The molecule has 0 amide bonds. The van der Waals surface area contributed by atoms with Crippen LogP contribution in [0.2, 0.25) is 5.02 Å². The second kappa shape index (κ2) is 5.37. The third-order valence-electron chi connectivity index (χ3n) is 3.74. The van der Waals surface area contributed by atoms with E-state index in [0.29, 0.717) is 19.3 Å². The van der Waals surface area contributed by atoms with Crippen molar-refractivity contribution in [1.29, 1.82) is 0 Å². The lowest BCUT2D eigenvalue weighted by Gasteiger charge is -2.17. The molecule has 0 unspecified atom stereocenters. The van der Waals surface area contributed by atoms with Crippen LogP contribution in [-0.2, 0) is 24.1 Å². The smallest absolute Gasteiger partial charge is 0.137 e. The molecule has 3 rings (SSSR count). The molecule has 2 aromatic carbocycles. The summed E-state index contributed by atoms with van der Waals surface area (Å²) in [5.41, 5.74) is 4.27. The van der Waals surface area contributed by atoms with E-state index < -0.39 is 0 Å². The van der Waals surface area contributed by atoms with Crippen LogP contribution in [0.25, 0.3) is 0 Å². The van der Waals surface area contributed by atoms with Crippen LogP contribution < -0.4 is 0 Å². The fraction of sp³-hybridized carbons (Fsp3) is 0.235. The van der Waals surface area contributed by atoms with Crippen LogP contribution >= 0.6 is 11.6 Å². The van der Waals surface area contributed by atoms with Gasteiger partial charge in [0.25, 0.3) is 0 Å². The maximum Gasteiger partial charge on any atom is 0.137 e. The molecular weight excluding hydrogens is 275 g/mol. The molecule has 0 radical (unpaired) electrons. The Balaban J connectivity index is 1.91. The second-order valence-corrected chi connectivity index (χ2v) is 5.64. The summed E-state index contributed by atoms with van der Waals surface area (Å²) in [6, 6.07) is 10.4. The Morgan fingerprint density at radius 3 is 2.55 bits per heavy atom. The van der Waals surface area contributed by atoms with Gasteiger partial charge < -0.3 is 0 Å². The van der Waals surface area contributed by atoms with E-state index in [9.17, 15) is 9.18 Å². The summed E-state index contributed by atoms with van der Waals surface area (Å²) < 4.78 is 12.9. The molecular formula is C17H14ClFO. The number of halogens is 2. The van der Waals surface area contributed by atoms with E-state index in [1.165, 1.54) is 17.7 Å². The van der Waals surface area contributed by atoms with Crippen molar-refractivity contribution in [3.63, 3.8) is 0 Å². The summed E-state index contributed by atoms with van der Waals surface area (Å²) in [6.07, 6.45) is 2.55. The Kier molecular flexibility index (Phi) is 3.58. The predicted octanol–water partition coefficient (Wildman–Crippen LogP) is 4.13. The van der Waals surface area contributed by atoms with Crippen molar-refractivity contribution in [2.75, 3.05) is 0 Å². The topological polar surface area (TPSA) is 17.1 Å². The molecule has 1 aliphatic rings. The molecule has 0 N–H and O–H groups in total. The van der Waals surface area contributed by atoms with Gasteiger partial charge in [0.15, 0.2) is 0 Å². The molecule has 3 heteroatoms. The van der Waals surface area contributed by atoms with Gasteiger partial charge in [-0.1, -0.05) is 29.8 Å². The fourth-order valence-electron chi connectivity index (χ4n) is 2.64. The molecule has 0 saturated heterocycles. The number of aryl methyl sites for hydroxylation is 1. The van der Waals surface area contributed by atoms with Crippen LogP contribution in [0.15, 0.2) is 36.4 Å². The third kappa shape index (κ3) is 2.75. The molecule has 0 atom stereocenters. The van der Waals surface area contributed by atoms with Crippen LogP contribution in [0.1, 0.15) is 28.7 Å². The van der Waals surface area contributed by atoms with Gasteiger partial charge in [0.2, 0.25) is 0 Å². The van der Waals surface area contributed by atoms with Crippen molar-refractivity contribution in [2.45, 2.75) is 25.7 Å². The maximum absolute atomic E-state index is 12.9. The normalized spacial score (nSPS) is 14.2. The van der Waals surface area contributed by atoms with Crippen molar-refractivity contribution < 1.29 is 9.18 Å². The minimum absolute atomic E-state index is 0.240. The van der Waals surface area contributed by atoms with E-state index in [0.717, 1.165) is 28.1 Å². The molecule has 0 heterocycles. The monoisotopic (exact) mass is 288 g/mol. The van der Waals surface area contributed by atoms with Crippen LogP contribution in [0.3, 0.4) is 0 Å². The second-order valence-electron chi connectivity index (χ2n) is 5.23. The molecule has 0 spiro atoms. The fourth-order valence-corrected chi connectivity index (χ4v) is 2.89. The molecule has 1 nitrogen and oxygen atoms in total. The molecule has 0 aromatic heterocycles. The summed E-state index contributed by atoms with van der Waals surface area (Å²) in [5.74, 6) is 0.0449. The van der Waals surface area contributed by atoms with Crippen LogP contribution in [0, 0.1) is 5.82 Å². The first-order chi connectivity index (χ1) is 9.61. The lowest BCUT2D eigenvalue weighted by molar-refractivity contribution is -0.118. The molecule has 0 bridgehead atoms. The SMILES string of the molecule is O=C1CCc2cc(Cl)c(Cc3ccc(F)cc3)cc2C1. The third-order valence-corrected chi connectivity index (χ3v) is 4.09. The van der Waals surface area contributed by atoms with E-state index >= 15 is 0 Å². The Morgan fingerprint density at radius 2 is 1.80 bits per heavy atom. The zero-order chi connectivity index (χ0) is 14.1. The average molecular weight is 289 g/mol. The first kappa shape index (κ1) is 13.3. The minimum atomic E-state index is -0.240. The van der Waals surface area contributed by atoms with Gasteiger partial charge in [0.1, 0.15) is 11.6 Å². The zero-order valence-electron chi connectivity index (χ0n) is 11.0. The Labute approximate surface area is 122 Å². The molecule has 0 aliphatic heterocycles. The number of hydrogen-bond acceptors (Lipinski definition) is 1. The highest BCUT2D eigenvalue weighted by Crippen LogP contribution is 2.28. The van der Waals surface area contributed by atoms with Gasteiger partial charge in [-0.05, 0) is 53.3 Å². The van der Waals surface area contributed by atoms with Gasteiger partial charge in [0.05, 0.1) is 0 Å². The van der Waals surface area contributed by atoms with Crippen molar-refractivity contribution in [3.8, 4) is 0 Å². The summed E-state index contributed by atoms with van der Waals surface area (Å²) >= 11 is 6.32. The first-order valence-electron chi connectivity index (χ1n) is 6.68. The summed E-state index contributed by atoms with van der Waals surface area (Å²) in [7, 11) is 0. The quantitative estimate of drug-likeness (QED) is 0.812. The van der Waals surface area contributed by atoms with Gasteiger partial charge in [-0.3, -0.25) is 4.79 Å². The number of ketones is 1. The van der Waals surface area contributed by atoms with E-state index in [2.05, 4.69) is 0 Å². The molecule has 1 aliphatic carbocycles. The van der Waals surface area contributed by atoms with Gasteiger partial charge >= 0.3 is 0 Å². The van der Waals surface area contributed by atoms with Crippen molar-refractivity contribution >= 4 is 17.4 Å². The van der Waals surface area contributed by atoms with Gasteiger partial charge in [0, 0.05) is 17.9 Å². The van der Waals surface area contributed by atoms with Crippen LogP contribution in [0.4, 0.5) is 4.39 Å². The van der Waals surface area contributed by atoms with E-state index in [-0.39, 0.29) is 11.6 Å². The summed E-state index contributed by atoms with van der Waals surface area (Å²) in [5, 5.41) is 0.724. The van der Waals surface area contributed by atoms with Crippen molar-refractivity contribution in [1.82, 2.24) is 0 Å². The molecule has 0 saturated carbocycles. The van der Waals surface area contributed by atoms with Gasteiger partial charge in [-0.2, -0.15) is 0 Å². The number of hydrogen-bond donors (Lipinski definition) is 0. The van der Waals surface area contributed by atoms with E-state index in [4.69, 9.17) is 11.6 Å². The lowest BCUT2D eigenvalue weighted by Crippen LogP contribution is -2.13. The number of carbonyl (C=O) groups is 1. The van der Waals surface area contributed by atoms with Gasteiger partial charge in [-0.25, -0.2) is 4.39 Å². The highest BCUT2D eigenvalue weighted by atomic mass is 35.5. The number of fused-ring (bicyclic) bond motifs is 1. The van der Waals surface area contributed by atoms with Crippen LogP contribution in [0.5, 0.6) is 0 Å². The Bertz CT molecular complexity index is 661. The first-order valence-corrected chi connectivity index (χ1v) is 7.06. The Morgan fingerprint density at radius 1 is 1.05 bits per heavy atom. The van der Waals surface area contributed by atoms with Gasteiger partial charge in [-0.15, -0.1) is 0 Å². The predicted molar refractivity (Wildman–Crippen MR) is 77.7 cm³/mol. The van der Waals surface area contributed by atoms with Crippen molar-refractivity contribution in [2.24, 2.45) is 0 Å². The van der Waals surface area contributed by atoms with Crippen molar-refractivity contribution in [3.05, 3.63) is 69.5 Å².